The number of halogens is 6. The van der Waals surface area contributed by atoms with Crippen molar-refractivity contribution in [2.24, 2.45) is 0 Å². The molecule has 0 aromatic heterocycles. The zero-order valence-electron chi connectivity index (χ0n) is 8.63. The molecule has 0 unspecified atom stereocenters. The summed E-state index contributed by atoms with van der Waals surface area (Å²) in [6, 6.07) is 0. The maximum atomic E-state index is 11.9. The third kappa shape index (κ3) is 5.55. The normalized spacial score (nSPS) is 12.9. The van der Waals surface area contributed by atoms with Crippen molar-refractivity contribution in [3.05, 3.63) is 12.2 Å². The Labute approximate surface area is 96.1 Å². The topological polar surface area (TPSA) is 52.6 Å². The zero-order chi connectivity index (χ0) is 14.6. The molecule has 0 bridgehead atoms. The lowest BCUT2D eigenvalue weighted by atomic mass is 10.3. The lowest BCUT2D eigenvalue weighted by Crippen LogP contribution is -2.45. The predicted octanol–water partition coefficient (Wildman–Crippen LogP) is 1.75. The van der Waals surface area contributed by atoms with Gasteiger partial charge in [0.15, 0.2) is 0 Å². The Bertz CT molecular complexity index is 328. The second-order valence-corrected chi connectivity index (χ2v) is 2.76. The average molecular weight is 280 g/mol. The molecule has 0 spiro atoms. The summed E-state index contributed by atoms with van der Waals surface area (Å²) in [5.41, 5.74) is 0. The molecular formula is C8H6F6O4. The number of carbonyl (C=O) groups is 2. The smallest absolute Gasteiger partial charge is 0.434 e. The van der Waals surface area contributed by atoms with Gasteiger partial charge in [-0.2, -0.15) is 26.3 Å². The van der Waals surface area contributed by atoms with Gasteiger partial charge in [-0.05, 0) is 0 Å². The Morgan fingerprint density at radius 2 is 1.33 bits per heavy atom. The van der Waals surface area contributed by atoms with Crippen molar-refractivity contribution in [3.63, 3.8) is 0 Å². The summed E-state index contributed by atoms with van der Waals surface area (Å²) in [5, 5.41) is 0. The van der Waals surface area contributed by atoms with E-state index < -0.39 is 30.4 Å². The lowest BCUT2D eigenvalue weighted by molar-refractivity contribution is -0.312. The highest BCUT2D eigenvalue weighted by Crippen LogP contribution is 2.35. The van der Waals surface area contributed by atoms with Crippen LogP contribution >= 0.6 is 0 Å². The Balaban J connectivity index is 4.77. The van der Waals surface area contributed by atoms with Crippen LogP contribution in [-0.2, 0) is 19.1 Å². The molecule has 10 heteroatoms. The number of hydrogen-bond acceptors (Lipinski definition) is 4. The van der Waals surface area contributed by atoms with E-state index in [2.05, 4.69) is 9.47 Å². The van der Waals surface area contributed by atoms with Gasteiger partial charge in [-0.15, -0.1) is 0 Å². The molecule has 0 aromatic rings. The first kappa shape index (κ1) is 16.3. The summed E-state index contributed by atoms with van der Waals surface area (Å²) >= 11 is 0. The van der Waals surface area contributed by atoms with Crippen LogP contribution < -0.4 is 0 Å². The minimum Gasteiger partial charge on any atom is -0.466 e. The number of alkyl halides is 6. The van der Waals surface area contributed by atoms with E-state index in [-0.39, 0.29) is 6.08 Å². The number of esters is 2. The number of methoxy groups -OCH3 is 1. The van der Waals surface area contributed by atoms with Crippen LogP contribution in [0.15, 0.2) is 12.2 Å². The summed E-state index contributed by atoms with van der Waals surface area (Å²) < 4.78 is 78.7. The molecule has 18 heavy (non-hydrogen) atoms. The molecule has 0 atom stereocenters. The van der Waals surface area contributed by atoms with Gasteiger partial charge in [0.05, 0.1) is 7.11 Å². The summed E-state index contributed by atoms with van der Waals surface area (Å²) in [6.45, 7) is 0. The molecule has 0 rings (SSSR count). The van der Waals surface area contributed by atoms with E-state index in [4.69, 9.17) is 0 Å². The second-order valence-electron chi connectivity index (χ2n) is 2.76. The Morgan fingerprint density at radius 3 is 1.67 bits per heavy atom. The van der Waals surface area contributed by atoms with Crippen molar-refractivity contribution in [3.8, 4) is 0 Å². The van der Waals surface area contributed by atoms with E-state index in [0.717, 1.165) is 7.11 Å². The van der Waals surface area contributed by atoms with Crippen LogP contribution in [0.3, 0.4) is 0 Å². The Morgan fingerprint density at radius 1 is 0.944 bits per heavy atom. The lowest BCUT2D eigenvalue weighted by Gasteiger charge is -2.22. The second kappa shape index (κ2) is 5.74. The van der Waals surface area contributed by atoms with E-state index in [9.17, 15) is 35.9 Å². The van der Waals surface area contributed by atoms with Gasteiger partial charge < -0.3 is 9.47 Å². The number of rotatable bonds is 3. The fourth-order valence-corrected chi connectivity index (χ4v) is 0.679. The molecule has 4 nitrogen and oxygen atoms in total. The maximum absolute atomic E-state index is 11.9. The zero-order valence-corrected chi connectivity index (χ0v) is 8.63. The average Bonchev–Trinajstić information content (AvgIpc) is 2.19. The first-order valence-electron chi connectivity index (χ1n) is 4.08. The van der Waals surface area contributed by atoms with Gasteiger partial charge >= 0.3 is 24.3 Å². The van der Waals surface area contributed by atoms with Crippen molar-refractivity contribution in [1.82, 2.24) is 0 Å². The summed E-state index contributed by atoms with van der Waals surface area (Å²) in [4.78, 5) is 21.1. The minimum absolute atomic E-state index is 0.0936. The third-order valence-corrected chi connectivity index (χ3v) is 1.39. The fourth-order valence-electron chi connectivity index (χ4n) is 0.679. The minimum atomic E-state index is -5.80. The van der Waals surface area contributed by atoms with Crippen LogP contribution in [0.25, 0.3) is 0 Å². The third-order valence-electron chi connectivity index (χ3n) is 1.39. The largest absolute Gasteiger partial charge is 0.466 e. The molecule has 0 N–H and O–H groups in total. The van der Waals surface area contributed by atoms with Gasteiger partial charge in [0, 0.05) is 12.2 Å². The van der Waals surface area contributed by atoms with E-state index in [1.54, 1.807) is 0 Å². The molecular weight excluding hydrogens is 274 g/mol. The van der Waals surface area contributed by atoms with Crippen molar-refractivity contribution >= 4 is 11.9 Å². The highest BCUT2D eigenvalue weighted by atomic mass is 19.4. The Hall–Kier alpha value is -1.74. The van der Waals surface area contributed by atoms with Crippen LogP contribution in [0.2, 0.25) is 0 Å². The Kier molecular flexibility index (Phi) is 5.18. The van der Waals surface area contributed by atoms with Gasteiger partial charge in [-0.3, -0.25) is 0 Å². The van der Waals surface area contributed by atoms with Gasteiger partial charge in [0.1, 0.15) is 0 Å². The van der Waals surface area contributed by atoms with Gasteiger partial charge in [0.2, 0.25) is 0 Å². The molecule has 0 aliphatic heterocycles. The maximum Gasteiger partial charge on any atom is 0.434 e. The molecule has 104 valence electrons. The summed E-state index contributed by atoms with van der Waals surface area (Å²) in [7, 11) is 0.895. The van der Waals surface area contributed by atoms with Crippen molar-refractivity contribution in [2.45, 2.75) is 18.5 Å². The van der Waals surface area contributed by atoms with Gasteiger partial charge in [0.25, 0.3) is 6.10 Å². The molecule has 0 saturated heterocycles. The molecule has 0 fully saturated rings. The summed E-state index contributed by atoms with van der Waals surface area (Å²) in [6.07, 6.45) is -15.4. The SMILES string of the molecule is COC(=O)C=CC(=O)OC(C(F)(F)F)C(F)(F)F. The highest BCUT2D eigenvalue weighted by Gasteiger charge is 2.59. The van der Waals surface area contributed by atoms with Gasteiger partial charge in [-0.25, -0.2) is 9.59 Å². The van der Waals surface area contributed by atoms with Crippen LogP contribution in [-0.4, -0.2) is 37.5 Å². The first-order valence-corrected chi connectivity index (χ1v) is 4.08. The van der Waals surface area contributed by atoms with E-state index in [1.165, 1.54) is 0 Å². The van der Waals surface area contributed by atoms with Crippen molar-refractivity contribution in [1.29, 1.82) is 0 Å². The van der Waals surface area contributed by atoms with Gasteiger partial charge in [-0.1, -0.05) is 0 Å². The molecule has 0 aliphatic carbocycles. The molecule has 0 amide bonds. The van der Waals surface area contributed by atoms with Crippen LogP contribution in [0, 0.1) is 0 Å². The monoisotopic (exact) mass is 280 g/mol. The van der Waals surface area contributed by atoms with E-state index in [0.29, 0.717) is 6.08 Å². The highest BCUT2D eigenvalue weighted by molar-refractivity contribution is 5.91. The van der Waals surface area contributed by atoms with Crippen LogP contribution in [0.5, 0.6) is 0 Å². The van der Waals surface area contributed by atoms with E-state index >= 15 is 0 Å². The standard InChI is InChI=1S/C8H6F6O4/c1-17-4(15)2-3-5(16)18-6(7(9,10)11)8(12,13)14/h2-3,6H,1H3. The quantitative estimate of drug-likeness (QED) is 0.449. The molecule has 0 saturated carbocycles. The molecule has 0 heterocycles. The number of carbonyl (C=O) groups excluding carboxylic acids is 2. The number of hydrogen-bond donors (Lipinski definition) is 0. The summed E-state index contributed by atoms with van der Waals surface area (Å²) in [5.74, 6) is -3.11. The van der Waals surface area contributed by atoms with E-state index in [1.807, 2.05) is 0 Å². The first-order chi connectivity index (χ1) is 7.98. The number of ether oxygens (including phenoxy) is 2. The van der Waals surface area contributed by atoms with Crippen molar-refractivity contribution < 1.29 is 45.4 Å². The van der Waals surface area contributed by atoms with Crippen LogP contribution in [0.4, 0.5) is 26.3 Å². The fraction of sp³-hybridized carbons (Fsp3) is 0.500. The predicted molar refractivity (Wildman–Crippen MR) is 43.1 cm³/mol. The van der Waals surface area contributed by atoms with Crippen molar-refractivity contribution in [2.75, 3.05) is 7.11 Å². The molecule has 0 aromatic carbocycles. The molecule has 0 radical (unpaired) electrons. The van der Waals surface area contributed by atoms with Crippen LogP contribution in [0.1, 0.15) is 0 Å². The molecule has 0 aliphatic rings.